The number of carbonyl (C=O) groups excluding carboxylic acids is 1. The van der Waals surface area contributed by atoms with Gasteiger partial charge in [-0.2, -0.15) is 0 Å². The molecule has 0 saturated carbocycles. The summed E-state index contributed by atoms with van der Waals surface area (Å²) >= 11 is -1.12. The van der Waals surface area contributed by atoms with Crippen LogP contribution in [0.5, 0.6) is 5.75 Å². The number of likely N-dealkylation sites (tertiary alicyclic amines) is 1. The lowest BCUT2D eigenvalue weighted by Gasteiger charge is -2.37. The normalized spacial score (nSPS) is 22.8. The highest BCUT2D eigenvalue weighted by molar-refractivity contribution is 7.80. The van der Waals surface area contributed by atoms with Crippen molar-refractivity contribution < 1.29 is 18.8 Å². The summed E-state index contributed by atoms with van der Waals surface area (Å²) in [4.78, 5) is 17.5. The van der Waals surface area contributed by atoms with Crippen LogP contribution in [0.3, 0.4) is 0 Å². The minimum absolute atomic E-state index is 0.0509. The van der Waals surface area contributed by atoms with Crippen molar-refractivity contribution in [1.29, 1.82) is 0 Å². The van der Waals surface area contributed by atoms with Crippen LogP contribution in [0.25, 0.3) is 11.3 Å². The van der Waals surface area contributed by atoms with Crippen LogP contribution in [0.1, 0.15) is 35.2 Å². The molecule has 1 aromatic carbocycles. The molecule has 5 rings (SSSR count). The molecule has 2 aromatic rings. The number of ether oxygens (including phenoxy) is 1. The van der Waals surface area contributed by atoms with Gasteiger partial charge in [0.05, 0.1) is 18.0 Å². The van der Waals surface area contributed by atoms with E-state index in [1.807, 2.05) is 23.5 Å². The van der Waals surface area contributed by atoms with Crippen LogP contribution < -0.4 is 9.46 Å². The molecule has 0 aliphatic carbocycles. The van der Waals surface area contributed by atoms with Crippen LogP contribution in [-0.2, 0) is 17.6 Å². The Morgan fingerprint density at radius 2 is 1.97 bits per heavy atom. The van der Waals surface area contributed by atoms with Crippen molar-refractivity contribution in [3.8, 4) is 17.0 Å². The number of aromatic nitrogens is 1. The maximum Gasteiger partial charge on any atom is 0.169 e. The van der Waals surface area contributed by atoms with Crippen LogP contribution in [0.2, 0.25) is 0 Å². The van der Waals surface area contributed by atoms with Gasteiger partial charge in [-0.05, 0) is 26.6 Å². The first kappa shape index (κ1) is 24.0. The summed E-state index contributed by atoms with van der Waals surface area (Å²) in [6.07, 6.45) is 6.08. The first-order valence-corrected chi connectivity index (χ1v) is 12.5. The Balaban J connectivity index is 0.000000318. The average molecular weight is 473 g/mol. The molecule has 2 fully saturated rings. The van der Waals surface area contributed by atoms with Gasteiger partial charge < -0.3 is 14.7 Å². The number of pyridine rings is 1. The highest BCUT2D eigenvalue weighted by Gasteiger charge is 2.43. The predicted octanol–water partition coefficient (Wildman–Crippen LogP) is 1.81. The maximum absolute atomic E-state index is 11.9. The van der Waals surface area contributed by atoms with Gasteiger partial charge in [-0.15, -0.1) is 0 Å². The molecule has 2 saturated heterocycles. The second-order valence-electron chi connectivity index (χ2n) is 8.97. The van der Waals surface area contributed by atoms with Crippen molar-refractivity contribution in [2.24, 2.45) is 0 Å². The zero-order valence-electron chi connectivity index (χ0n) is 19.2. The molecule has 3 aliphatic rings. The molecule has 4 heterocycles. The molecule has 3 aliphatic heterocycles. The van der Waals surface area contributed by atoms with Crippen molar-refractivity contribution >= 4 is 17.5 Å². The molecule has 0 bridgehead atoms. The number of β-amino-alcohol motifs (C(OH)–C–C–N with tert-alkyl or cyclic N) is 1. The summed E-state index contributed by atoms with van der Waals surface area (Å²) in [6.45, 7) is 3.41. The van der Waals surface area contributed by atoms with E-state index in [-0.39, 0.29) is 11.7 Å². The third-order valence-electron chi connectivity index (χ3n) is 6.54. The molecule has 2 atom stereocenters. The summed E-state index contributed by atoms with van der Waals surface area (Å²) < 4.78 is 22.9. The summed E-state index contributed by atoms with van der Waals surface area (Å²) in [5.41, 5.74) is 3.48. The lowest BCUT2D eigenvalue weighted by atomic mass is 9.88. The molecule has 33 heavy (non-hydrogen) atoms. The largest absolute Gasteiger partial charge is 0.485 e. The van der Waals surface area contributed by atoms with Gasteiger partial charge in [-0.25, -0.2) is 13.2 Å². The predicted molar refractivity (Wildman–Crippen MR) is 128 cm³/mol. The van der Waals surface area contributed by atoms with Crippen LogP contribution >= 0.6 is 0 Å². The van der Waals surface area contributed by atoms with Crippen molar-refractivity contribution in [2.45, 2.75) is 37.4 Å². The van der Waals surface area contributed by atoms with Crippen molar-refractivity contribution in [2.75, 3.05) is 40.3 Å². The Hall–Kier alpha value is -2.17. The summed E-state index contributed by atoms with van der Waals surface area (Å²) in [6, 6.07) is 9.50. The molecule has 0 amide bonds. The Morgan fingerprint density at radius 3 is 2.52 bits per heavy atom. The molecule has 9 heteroatoms. The van der Waals surface area contributed by atoms with Gasteiger partial charge in [0.15, 0.2) is 11.2 Å². The van der Waals surface area contributed by atoms with E-state index in [0.29, 0.717) is 5.56 Å². The molecule has 0 radical (unpaired) electrons. The number of piperidine rings is 1. The number of rotatable bonds is 4. The van der Waals surface area contributed by atoms with Gasteiger partial charge in [0.25, 0.3) is 0 Å². The number of hydrogen-bond acceptors (Lipinski definition) is 6. The number of nitrogens with zero attached hydrogens (tertiary/aromatic N) is 3. The first-order chi connectivity index (χ1) is 15.9. The van der Waals surface area contributed by atoms with Gasteiger partial charge in [0.2, 0.25) is 0 Å². The minimum Gasteiger partial charge on any atom is -0.485 e. The summed E-state index contributed by atoms with van der Waals surface area (Å²) in [5, 5.41) is 8.86. The van der Waals surface area contributed by atoms with Crippen LogP contribution in [0.4, 0.5) is 0 Å². The summed E-state index contributed by atoms with van der Waals surface area (Å²) in [7, 11) is 3.73. The molecule has 2 N–H and O–H groups in total. The first-order valence-electron chi connectivity index (χ1n) is 11.4. The second-order valence-corrected chi connectivity index (χ2v) is 10.4. The number of aldehydes is 1. The monoisotopic (exact) mass is 472 g/mol. The smallest absolute Gasteiger partial charge is 0.169 e. The number of fused-ring (bicyclic) bond motifs is 1. The molecule has 2 unspecified atom stereocenters. The fourth-order valence-corrected chi connectivity index (χ4v) is 5.37. The SMILES string of the molecule is CN1CCC(O)C1.CNS(=O)N1CCC2(CC1)Cc1cc(-c3ccc(C=O)cc3)ncc1O2. The quantitative estimate of drug-likeness (QED) is 0.659. The van der Waals surface area contributed by atoms with Gasteiger partial charge in [0, 0.05) is 62.1 Å². The van der Waals surface area contributed by atoms with Gasteiger partial charge >= 0.3 is 0 Å². The van der Waals surface area contributed by atoms with Crippen LogP contribution in [0.15, 0.2) is 36.5 Å². The Labute approximate surface area is 197 Å². The fourth-order valence-electron chi connectivity index (χ4n) is 4.60. The zero-order chi connectivity index (χ0) is 23.4. The molecular weight excluding hydrogens is 440 g/mol. The van der Waals surface area contributed by atoms with E-state index in [0.717, 1.165) is 80.7 Å². The van der Waals surface area contributed by atoms with E-state index in [1.165, 1.54) is 0 Å². The molecule has 1 aromatic heterocycles. The van der Waals surface area contributed by atoms with E-state index in [9.17, 15) is 9.00 Å². The Kier molecular flexibility index (Phi) is 7.55. The second kappa shape index (κ2) is 10.4. The lowest BCUT2D eigenvalue weighted by molar-refractivity contribution is 0.0414. The number of nitrogens with one attached hydrogen (secondary N) is 1. The Morgan fingerprint density at radius 1 is 1.24 bits per heavy atom. The van der Waals surface area contributed by atoms with E-state index in [4.69, 9.17) is 9.84 Å². The van der Waals surface area contributed by atoms with Crippen molar-refractivity contribution in [1.82, 2.24) is 18.9 Å². The van der Waals surface area contributed by atoms with Gasteiger partial charge in [-0.3, -0.25) is 9.78 Å². The highest BCUT2D eigenvalue weighted by Crippen LogP contribution is 2.41. The highest BCUT2D eigenvalue weighted by atomic mass is 32.2. The Bertz CT molecular complexity index is 984. The van der Waals surface area contributed by atoms with Crippen molar-refractivity contribution in [3.05, 3.63) is 47.7 Å². The van der Waals surface area contributed by atoms with E-state index >= 15 is 0 Å². The fraction of sp³-hybridized carbons (Fsp3) is 0.500. The lowest BCUT2D eigenvalue weighted by Crippen LogP contribution is -2.49. The van der Waals surface area contributed by atoms with E-state index in [2.05, 4.69) is 20.7 Å². The van der Waals surface area contributed by atoms with Crippen LogP contribution in [-0.4, -0.2) is 81.8 Å². The van der Waals surface area contributed by atoms with Crippen molar-refractivity contribution in [3.63, 3.8) is 0 Å². The number of benzene rings is 1. The number of aliphatic hydroxyl groups excluding tert-OH is 1. The standard InChI is InChI=1S/C19H21N3O3S.C5H11NO/c1-20-26(24)22-8-6-19(7-9-22)11-16-10-17(21-12-18(16)25-19)15-4-2-14(13-23)3-5-15;1-6-3-2-5(7)4-6/h2-5,10,12-13,20H,6-9,11H2,1H3;5,7H,2-4H2,1H3. The molecular formula is C24H32N4O4S. The van der Waals surface area contributed by atoms with Crippen LogP contribution in [0, 0.1) is 0 Å². The molecule has 8 nitrogen and oxygen atoms in total. The number of likely N-dealkylation sites (N-methyl/N-ethyl adjacent to an activating group) is 1. The molecule has 178 valence electrons. The van der Waals surface area contributed by atoms with E-state index in [1.54, 1.807) is 25.4 Å². The van der Waals surface area contributed by atoms with E-state index < -0.39 is 11.2 Å². The third kappa shape index (κ3) is 5.67. The van der Waals surface area contributed by atoms with Gasteiger partial charge in [-0.1, -0.05) is 24.3 Å². The topological polar surface area (TPSA) is 95.0 Å². The number of aliphatic hydroxyl groups is 1. The third-order valence-corrected chi connectivity index (χ3v) is 7.72. The minimum atomic E-state index is -1.12. The average Bonchev–Trinajstić information content (AvgIpc) is 3.40. The zero-order valence-corrected chi connectivity index (χ0v) is 20.0. The summed E-state index contributed by atoms with van der Waals surface area (Å²) in [5.74, 6) is 0.849. The molecule has 1 spiro atoms. The number of carbonyl (C=O) groups is 1. The van der Waals surface area contributed by atoms with Gasteiger partial charge in [0.1, 0.15) is 17.6 Å². The maximum atomic E-state index is 11.9. The number of hydrogen-bond donors (Lipinski definition) is 2.